The molecule has 2 N–H and O–H groups in total. The van der Waals surface area contributed by atoms with Crippen molar-refractivity contribution in [2.45, 2.75) is 6.92 Å². The maximum Gasteiger partial charge on any atom is 0.0683 e. The number of nitrogens with zero attached hydrogens (tertiary/aromatic N) is 2. The first-order valence-electron chi connectivity index (χ1n) is 3.87. The number of benzene rings is 1. The Bertz CT molecular complexity index is 429. The lowest BCUT2D eigenvalue weighted by Crippen LogP contribution is -1.89. The van der Waals surface area contributed by atoms with E-state index in [1.54, 1.807) is 0 Å². The summed E-state index contributed by atoms with van der Waals surface area (Å²) < 4.78 is 1.87. The minimum absolute atomic E-state index is 0.790. The zero-order valence-electron chi connectivity index (χ0n) is 7.20. The van der Waals surface area contributed by atoms with Crippen molar-refractivity contribution in [1.29, 1.82) is 0 Å². The Balaban J connectivity index is 2.90. The lowest BCUT2D eigenvalue weighted by Gasteiger charge is -1.94. The molecule has 0 atom stereocenters. The van der Waals surface area contributed by atoms with Gasteiger partial charge < -0.3 is 5.73 Å². The minimum Gasteiger partial charge on any atom is -0.399 e. The van der Waals surface area contributed by atoms with Crippen molar-refractivity contribution in [3.05, 3.63) is 23.9 Å². The maximum atomic E-state index is 5.66. The van der Waals surface area contributed by atoms with E-state index in [0.717, 1.165) is 22.3 Å². The highest BCUT2D eigenvalue weighted by molar-refractivity contribution is 5.84. The largest absolute Gasteiger partial charge is 0.399 e. The van der Waals surface area contributed by atoms with Crippen LogP contribution in [-0.4, -0.2) is 9.78 Å². The molecule has 1 aromatic carbocycles. The number of nitrogens with two attached hydrogens (primary N) is 1. The molecule has 1 heterocycles. The smallest absolute Gasteiger partial charge is 0.0683 e. The summed E-state index contributed by atoms with van der Waals surface area (Å²) in [6, 6.07) is 5.84. The Labute approximate surface area is 70.8 Å². The van der Waals surface area contributed by atoms with E-state index >= 15 is 0 Å². The molecule has 3 heteroatoms. The molecule has 12 heavy (non-hydrogen) atoms. The summed E-state index contributed by atoms with van der Waals surface area (Å²) in [5.41, 5.74) is 8.61. The zero-order valence-corrected chi connectivity index (χ0v) is 7.20. The second-order valence-corrected chi connectivity index (χ2v) is 2.99. The van der Waals surface area contributed by atoms with E-state index < -0.39 is 0 Å². The Hall–Kier alpha value is -1.51. The van der Waals surface area contributed by atoms with E-state index in [2.05, 4.69) is 5.10 Å². The lowest BCUT2D eigenvalue weighted by molar-refractivity contribution is 0.783. The molecule has 0 saturated heterocycles. The molecule has 0 amide bonds. The van der Waals surface area contributed by atoms with Crippen LogP contribution < -0.4 is 5.73 Å². The summed E-state index contributed by atoms with van der Waals surface area (Å²) in [6.45, 7) is 1.99. The number of hydrogen-bond donors (Lipinski definition) is 1. The molecule has 0 saturated carbocycles. The average Bonchev–Trinajstić information content (AvgIpc) is 2.28. The molecule has 62 valence electrons. The van der Waals surface area contributed by atoms with Crippen LogP contribution in [0.4, 0.5) is 5.69 Å². The summed E-state index contributed by atoms with van der Waals surface area (Å²) in [5.74, 6) is 0. The van der Waals surface area contributed by atoms with Crippen LogP contribution in [0.1, 0.15) is 5.69 Å². The van der Waals surface area contributed by atoms with Gasteiger partial charge in [0.25, 0.3) is 0 Å². The summed E-state index contributed by atoms with van der Waals surface area (Å²) >= 11 is 0. The third-order valence-corrected chi connectivity index (χ3v) is 2.06. The quantitative estimate of drug-likeness (QED) is 0.594. The molecule has 0 aliphatic heterocycles. The summed E-state index contributed by atoms with van der Waals surface area (Å²) in [4.78, 5) is 0. The van der Waals surface area contributed by atoms with Crippen LogP contribution in [0.3, 0.4) is 0 Å². The summed E-state index contributed by atoms with van der Waals surface area (Å²) in [7, 11) is 1.94. The van der Waals surface area contributed by atoms with Crippen molar-refractivity contribution in [2.24, 2.45) is 7.05 Å². The first-order valence-corrected chi connectivity index (χ1v) is 3.87. The molecule has 0 radical (unpaired) electrons. The van der Waals surface area contributed by atoms with Gasteiger partial charge in [-0.2, -0.15) is 5.10 Å². The topological polar surface area (TPSA) is 43.8 Å². The van der Waals surface area contributed by atoms with Gasteiger partial charge in [-0.05, 0) is 25.1 Å². The Morgan fingerprint density at radius 3 is 2.92 bits per heavy atom. The van der Waals surface area contributed by atoms with Gasteiger partial charge in [-0.25, -0.2) is 0 Å². The molecule has 0 aliphatic rings. The molecule has 0 bridgehead atoms. The van der Waals surface area contributed by atoms with Gasteiger partial charge in [0.05, 0.1) is 11.2 Å². The fraction of sp³-hybridized carbons (Fsp3) is 0.222. The van der Waals surface area contributed by atoms with Gasteiger partial charge in [-0.3, -0.25) is 4.68 Å². The molecule has 0 aliphatic carbocycles. The van der Waals surface area contributed by atoms with E-state index in [4.69, 9.17) is 5.73 Å². The SMILES string of the molecule is Cc1nn(C)c2ccc(N)cc12. The maximum absolute atomic E-state index is 5.66. The predicted octanol–water partition coefficient (Wildman–Crippen LogP) is 1.46. The van der Waals surface area contributed by atoms with Crippen LogP contribution in [0.15, 0.2) is 18.2 Å². The fourth-order valence-corrected chi connectivity index (χ4v) is 1.46. The second kappa shape index (κ2) is 2.24. The van der Waals surface area contributed by atoms with Crippen molar-refractivity contribution in [2.75, 3.05) is 5.73 Å². The van der Waals surface area contributed by atoms with Crippen molar-refractivity contribution in [3.63, 3.8) is 0 Å². The summed E-state index contributed by atoms with van der Waals surface area (Å²) in [5, 5.41) is 5.43. The number of aromatic nitrogens is 2. The van der Waals surface area contributed by atoms with Crippen LogP contribution in [0.5, 0.6) is 0 Å². The van der Waals surface area contributed by atoms with Gasteiger partial charge in [0.1, 0.15) is 0 Å². The Morgan fingerprint density at radius 2 is 2.17 bits per heavy atom. The number of anilines is 1. The molecular formula is C9H11N3. The number of hydrogen-bond acceptors (Lipinski definition) is 2. The van der Waals surface area contributed by atoms with Gasteiger partial charge in [0.15, 0.2) is 0 Å². The van der Waals surface area contributed by atoms with Gasteiger partial charge >= 0.3 is 0 Å². The van der Waals surface area contributed by atoms with Crippen LogP contribution in [0, 0.1) is 6.92 Å². The molecule has 1 aromatic heterocycles. The van der Waals surface area contributed by atoms with Crippen LogP contribution in [0.25, 0.3) is 10.9 Å². The normalized spacial score (nSPS) is 10.8. The van der Waals surface area contributed by atoms with Gasteiger partial charge in [-0.1, -0.05) is 0 Å². The minimum atomic E-state index is 0.790. The molecule has 0 spiro atoms. The van der Waals surface area contributed by atoms with E-state index in [9.17, 15) is 0 Å². The van der Waals surface area contributed by atoms with Crippen LogP contribution >= 0.6 is 0 Å². The molecule has 0 fully saturated rings. The van der Waals surface area contributed by atoms with E-state index in [0.29, 0.717) is 0 Å². The molecule has 3 nitrogen and oxygen atoms in total. The number of nitrogen functional groups attached to an aromatic ring is 1. The molecular weight excluding hydrogens is 150 g/mol. The first kappa shape index (κ1) is 7.16. The van der Waals surface area contributed by atoms with Gasteiger partial charge in [-0.15, -0.1) is 0 Å². The highest BCUT2D eigenvalue weighted by Gasteiger charge is 2.03. The van der Waals surface area contributed by atoms with Crippen molar-refractivity contribution < 1.29 is 0 Å². The van der Waals surface area contributed by atoms with Crippen molar-refractivity contribution in [3.8, 4) is 0 Å². The highest BCUT2D eigenvalue weighted by atomic mass is 15.3. The van der Waals surface area contributed by atoms with Crippen LogP contribution in [0.2, 0.25) is 0 Å². The standard InChI is InChI=1S/C9H11N3/c1-6-8-5-7(10)3-4-9(8)12(2)11-6/h3-5H,10H2,1-2H3. The van der Waals surface area contributed by atoms with Gasteiger partial charge in [0, 0.05) is 18.1 Å². The van der Waals surface area contributed by atoms with Crippen molar-refractivity contribution >= 4 is 16.6 Å². The first-order chi connectivity index (χ1) is 5.68. The number of fused-ring (bicyclic) bond motifs is 1. The zero-order chi connectivity index (χ0) is 8.72. The average molecular weight is 161 g/mol. The molecule has 0 unspecified atom stereocenters. The van der Waals surface area contributed by atoms with Crippen LogP contribution in [-0.2, 0) is 7.05 Å². The second-order valence-electron chi connectivity index (χ2n) is 2.99. The lowest BCUT2D eigenvalue weighted by atomic mass is 10.2. The molecule has 2 aromatic rings. The monoisotopic (exact) mass is 161 g/mol. The van der Waals surface area contributed by atoms with E-state index in [1.807, 2.05) is 36.9 Å². The van der Waals surface area contributed by atoms with Crippen molar-refractivity contribution in [1.82, 2.24) is 9.78 Å². The molecule has 2 rings (SSSR count). The number of aryl methyl sites for hydroxylation is 2. The van der Waals surface area contributed by atoms with E-state index in [1.165, 1.54) is 0 Å². The van der Waals surface area contributed by atoms with Gasteiger partial charge in [0.2, 0.25) is 0 Å². The predicted molar refractivity (Wildman–Crippen MR) is 49.9 cm³/mol. The Morgan fingerprint density at radius 1 is 1.42 bits per heavy atom. The third-order valence-electron chi connectivity index (χ3n) is 2.06. The highest BCUT2D eigenvalue weighted by Crippen LogP contribution is 2.19. The summed E-state index contributed by atoms with van der Waals surface area (Å²) in [6.07, 6.45) is 0. The third kappa shape index (κ3) is 0.863. The van der Waals surface area contributed by atoms with E-state index in [-0.39, 0.29) is 0 Å². The fourth-order valence-electron chi connectivity index (χ4n) is 1.46. The Kier molecular flexibility index (Phi) is 1.33. The number of rotatable bonds is 0.